The number of hydrogen-bond acceptors (Lipinski definition) is 4. The van der Waals surface area contributed by atoms with Gasteiger partial charge in [-0.2, -0.15) is 13.2 Å². The molecule has 0 unspecified atom stereocenters. The van der Waals surface area contributed by atoms with E-state index in [0.717, 1.165) is 0 Å². The Bertz CT molecular complexity index is 241. The summed E-state index contributed by atoms with van der Waals surface area (Å²) in [4.78, 5) is 9.25. The molecule has 0 aromatic carbocycles. The number of carbonyl (C=O) groups is 1. The van der Waals surface area contributed by atoms with E-state index in [2.05, 4.69) is 0 Å². The predicted octanol–water partition coefficient (Wildman–Crippen LogP) is -3.73. The predicted molar refractivity (Wildman–Crippen MR) is 20.4 cm³/mol. The SMILES string of the molecule is O=C([O-])S(=O)(=O)C(F)(F)F.[Li+]. The summed E-state index contributed by atoms with van der Waals surface area (Å²) in [7, 11) is -6.11. The van der Waals surface area contributed by atoms with Crippen LogP contribution in [0.2, 0.25) is 0 Å². The molecule has 0 aromatic rings. The second-order valence-corrected chi connectivity index (χ2v) is 3.00. The first-order chi connectivity index (χ1) is 4.19. The Balaban J connectivity index is 0. The van der Waals surface area contributed by atoms with Crippen molar-refractivity contribution < 1.29 is 50.4 Å². The smallest absolute Gasteiger partial charge is 0.534 e. The standard InChI is InChI=1S/C2HF3O4S.Li/c3-2(4,5)10(8,9)1(6)7;/h(H,6,7);/q;+1/p-1. The number of carboxylic acid groups (broad SMARTS) is 1. The van der Waals surface area contributed by atoms with Crippen LogP contribution in [0.3, 0.4) is 0 Å². The third-order valence-electron chi connectivity index (χ3n) is 0.524. The maximum absolute atomic E-state index is 11.1. The summed E-state index contributed by atoms with van der Waals surface area (Å²) < 4.78 is 52.4. The summed E-state index contributed by atoms with van der Waals surface area (Å²) >= 11 is 0. The first-order valence-corrected chi connectivity index (χ1v) is 3.20. The van der Waals surface area contributed by atoms with Gasteiger partial charge in [0.15, 0.2) is 5.30 Å². The molecular formula is C2F3LiO4S. The summed E-state index contributed by atoms with van der Waals surface area (Å²) in [6.07, 6.45) is 0. The van der Waals surface area contributed by atoms with Gasteiger partial charge in [0, 0.05) is 0 Å². The number of carbonyl (C=O) groups excluding carboxylic acids is 1. The van der Waals surface area contributed by atoms with Crippen LogP contribution in [0, 0.1) is 0 Å². The molecule has 0 atom stereocenters. The molecule has 0 radical (unpaired) electrons. The van der Waals surface area contributed by atoms with Crippen LogP contribution in [0.4, 0.5) is 18.0 Å². The Morgan fingerprint density at radius 1 is 1.27 bits per heavy atom. The van der Waals surface area contributed by atoms with Gasteiger partial charge in [0.25, 0.3) is 9.84 Å². The largest absolute Gasteiger partial charge is 1.00 e. The minimum absolute atomic E-state index is 0. The normalized spacial score (nSPS) is 11.9. The average Bonchev–Trinajstić information content (AvgIpc) is 1.62. The molecule has 0 saturated carbocycles. The molecule has 0 bridgehead atoms. The number of hydrogen-bond donors (Lipinski definition) is 0. The number of rotatable bonds is 0. The van der Waals surface area contributed by atoms with E-state index in [1.807, 2.05) is 0 Å². The molecule has 0 N–H and O–H groups in total. The monoisotopic (exact) mass is 184 g/mol. The Morgan fingerprint density at radius 2 is 1.55 bits per heavy atom. The van der Waals surface area contributed by atoms with Crippen LogP contribution < -0.4 is 24.0 Å². The van der Waals surface area contributed by atoms with Crippen LogP contribution in [0.5, 0.6) is 0 Å². The topological polar surface area (TPSA) is 74.3 Å². The van der Waals surface area contributed by atoms with E-state index in [-0.39, 0.29) is 18.9 Å². The van der Waals surface area contributed by atoms with Gasteiger partial charge in [0.1, 0.15) is 0 Å². The molecule has 9 heteroatoms. The van der Waals surface area contributed by atoms with Gasteiger partial charge in [0.2, 0.25) is 0 Å². The first kappa shape index (κ1) is 13.4. The van der Waals surface area contributed by atoms with Gasteiger partial charge in [-0.05, 0) is 0 Å². The van der Waals surface area contributed by atoms with Crippen molar-refractivity contribution in [1.29, 1.82) is 0 Å². The molecule has 0 fully saturated rings. The van der Waals surface area contributed by atoms with Crippen molar-refractivity contribution in [2.24, 2.45) is 0 Å². The Kier molecular flexibility index (Phi) is 4.23. The van der Waals surface area contributed by atoms with Crippen LogP contribution >= 0.6 is 0 Å². The molecule has 0 heterocycles. The van der Waals surface area contributed by atoms with Gasteiger partial charge in [-0.3, -0.25) is 0 Å². The minimum atomic E-state index is -6.11. The fourth-order valence-corrected chi connectivity index (χ4v) is 0.283. The summed E-state index contributed by atoms with van der Waals surface area (Å²) in [6.45, 7) is 0. The maximum atomic E-state index is 11.1. The molecule has 4 nitrogen and oxygen atoms in total. The maximum Gasteiger partial charge on any atom is 1.00 e. The van der Waals surface area contributed by atoms with Gasteiger partial charge in [-0.25, -0.2) is 8.42 Å². The fourth-order valence-electron chi connectivity index (χ4n) is 0.0945. The molecule has 0 aliphatic carbocycles. The first-order valence-electron chi connectivity index (χ1n) is 1.72. The van der Waals surface area contributed by atoms with Gasteiger partial charge in [0.05, 0.1) is 0 Å². The van der Waals surface area contributed by atoms with Crippen LogP contribution in [0.25, 0.3) is 0 Å². The van der Waals surface area contributed by atoms with Gasteiger partial charge < -0.3 is 9.90 Å². The van der Waals surface area contributed by atoms with E-state index in [4.69, 9.17) is 0 Å². The quantitative estimate of drug-likeness (QED) is 0.363. The van der Waals surface area contributed by atoms with Gasteiger partial charge >= 0.3 is 24.4 Å². The zero-order valence-electron chi connectivity index (χ0n) is 5.18. The second-order valence-electron chi connectivity index (χ2n) is 1.20. The summed E-state index contributed by atoms with van der Waals surface area (Å²) in [5.74, 6) is 0. The van der Waals surface area contributed by atoms with Crippen molar-refractivity contribution in [3.05, 3.63) is 0 Å². The number of sulfone groups is 1. The molecule has 0 rings (SSSR count). The fraction of sp³-hybridized carbons (Fsp3) is 0.500. The van der Waals surface area contributed by atoms with E-state index < -0.39 is 20.6 Å². The Labute approximate surface area is 71.5 Å². The van der Waals surface area contributed by atoms with Crippen molar-refractivity contribution in [2.45, 2.75) is 5.51 Å². The van der Waals surface area contributed by atoms with Crippen molar-refractivity contribution in [2.75, 3.05) is 0 Å². The summed E-state index contributed by atoms with van der Waals surface area (Å²) in [5.41, 5.74) is -5.77. The third-order valence-corrected chi connectivity index (χ3v) is 1.57. The molecule has 0 saturated heterocycles. The van der Waals surface area contributed by atoms with Crippen LogP contribution in [0.1, 0.15) is 0 Å². The Hall–Kier alpha value is -0.193. The average molecular weight is 184 g/mol. The Morgan fingerprint density at radius 3 is 1.55 bits per heavy atom. The second kappa shape index (κ2) is 3.47. The molecule has 0 aliphatic rings. The molecule has 0 amide bonds. The number of alkyl halides is 3. The molecule has 60 valence electrons. The van der Waals surface area contributed by atoms with Crippen LogP contribution in [-0.2, 0) is 9.84 Å². The third kappa shape index (κ3) is 2.73. The van der Waals surface area contributed by atoms with Crippen LogP contribution in [0.15, 0.2) is 0 Å². The van der Waals surface area contributed by atoms with E-state index in [1.165, 1.54) is 0 Å². The van der Waals surface area contributed by atoms with Crippen molar-refractivity contribution >= 4 is 15.1 Å². The van der Waals surface area contributed by atoms with Crippen LogP contribution in [-0.4, -0.2) is 19.2 Å². The van der Waals surface area contributed by atoms with E-state index in [0.29, 0.717) is 0 Å². The van der Waals surface area contributed by atoms with Crippen molar-refractivity contribution in [1.82, 2.24) is 0 Å². The van der Waals surface area contributed by atoms with Gasteiger partial charge in [-0.1, -0.05) is 0 Å². The zero-order valence-corrected chi connectivity index (χ0v) is 5.99. The molecule has 0 aliphatic heterocycles. The number of halogens is 3. The minimum Gasteiger partial charge on any atom is -0.534 e. The van der Waals surface area contributed by atoms with Crippen molar-refractivity contribution in [3.63, 3.8) is 0 Å². The molecule has 11 heavy (non-hydrogen) atoms. The van der Waals surface area contributed by atoms with E-state index in [1.54, 1.807) is 0 Å². The molecule has 0 aromatic heterocycles. The van der Waals surface area contributed by atoms with Crippen molar-refractivity contribution in [3.8, 4) is 0 Å². The molecule has 0 spiro atoms. The van der Waals surface area contributed by atoms with E-state index in [9.17, 15) is 31.5 Å². The zero-order chi connectivity index (χ0) is 8.58. The van der Waals surface area contributed by atoms with Gasteiger partial charge in [-0.15, -0.1) is 0 Å². The molecular weight excluding hydrogens is 184 g/mol. The summed E-state index contributed by atoms with van der Waals surface area (Å²) in [6, 6.07) is 0. The summed E-state index contributed by atoms with van der Waals surface area (Å²) in [5, 5.41) is 6.11. The van der Waals surface area contributed by atoms with E-state index >= 15 is 0 Å².